The molecule has 0 spiro atoms. The standard InChI is InChI=1S/C29H23BrN2O4/c1-2-34-26-15-19(17-31-32-29(33)27-16-21-9-4-6-13-25(21)36-27)14-24(30)28(26)35-18-22-11-7-10-20-8-3-5-12-23(20)22/h3-17H,2,18H2,1H3,(H,32,33)/b31-17-. The van der Waals surface area contributed by atoms with E-state index in [-0.39, 0.29) is 5.76 Å². The lowest BCUT2D eigenvalue weighted by atomic mass is 10.1. The van der Waals surface area contributed by atoms with Crippen molar-refractivity contribution in [1.29, 1.82) is 0 Å². The van der Waals surface area contributed by atoms with Crippen LogP contribution in [0.3, 0.4) is 0 Å². The summed E-state index contributed by atoms with van der Waals surface area (Å²) in [6.45, 7) is 2.78. The molecule has 1 heterocycles. The van der Waals surface area contributed by atoms with Crippen molar-refractivity contribution >= 4 is 49.8 Å². The molecule has 0 saturated carbocycles. The van der Waals surface area contributed by atoms with E-state index in [0.29, 0.717) is 30.3 Å². The van der Waals surface area contributed by atoms with Gasteiger partial charge in [0.05, 0.1) is 17.3 Å². The molecule has 5 rings (SSSR count). The normalized spacial score (nSPS) is 11.3. The van der Waals surface area contributed by atoms with Crippen LogP contribution in [-0.2, 0) is 6.61 Å². The van der Waals surface area contributed by atoms with Crippen LogP contribution >= 0.6 is 15.9 Å². The minimum Gasteiger partial charge on any atom is -0.490 e. The molecule has 6 nitrogen and oxygen atoms in total. The number of halogens is 1. The monoisotopic (exact) mass is 542 g/mol. The quantitative estimate of drug-likeness (QED) is 0.168. The molecule has 0 aliphatic rings. The van der Waals surface area contributed by atoms with E-state index in [1.807, 2.05) is 61.5 Å². The summed E-state index contributed by atoms with van der Waals surface area (Å²) in [6, 6.07) is 27.2. The van der Waals surface area contributed by atoms with Crippen LogP contribution in [0.15, 0.2) is 98.9 Å². The number of carbonyl (C=O) groups excluding carboxylic acids is 1. The minimum absolute atomic E-state index is 0.196. The average Bonchev–Trinajstić information content (AvgIpc) is 3.33. The molecule has 1 aromatic heterocycles. The van der Waals surface area contributed by atoms with Crippen molar-refractivity contribution < 1.29 is 18.7 Å². The first-order valence-corrected chi connectivity index (χ1v) is 12.3. The molecule has 0 radical (unpaired) electrons. The Bertz CT molecular complexity index is 1540. The third kappa shape index (κ3) is 5.11. The zero-order valence-electron chi connectivity index (χ0n) is 19.5. The predicted molar refractivity (Wildman–Crippen MR) is 145 cm³/mol. The second-order valence-corrected chi connectivity index (χ2v) is 8.89. The second-order valence-electron chi connectivity index (χ2n) is 8.04. The van der Waals surface area contributed by atoms with Gasteiger partial charge in [-0.15, -0.1) is 0 Å². The molecule has 180 valence electrons. The summed E-state index contributed by atoms with van der Waals surface area (Å²) >= 11 is 3.60. The summed E-state index contributed by atoms with van der Waals surface area (Å²) in [6.07, 6.45) is 1.54. The fourth-order valence-corrected chi connectivity index (χ4v) is 4.52. The van der Waals surface area contributed by atoms with Gasteiger partial charge >= 0.3 is 5.91 Å². The molecule has 36 heavy (non-hydrogen) atoms. The summed E-state index contributed by atoms with van der Waals surface area (Å²) in [5.41, 5.74) is 4.97. The van der Waals surface area contributed by atoms with Gasteiger partial charge in [-0.25, -0.2) is 5.43 Å². The number of benzene rings is 4. The molecule has 0 unspecified atom stereocenters. The maximum absolute atomic E-state index is 12.4. The lowest BCUT2D eigenvalue weighted by molar-refractivity contribution is 0.0929. The SMILES string of the molecule is CCOc1cc(/C=N\NC(=O)c2cc3ccccc3o2)cc(Br)c1OCc1cccc2ccccc12. The number of hydrogen-bond acceptors (Lipinski definition) is 5. The van der Waals surface area contributed by atoms with Crippen LogP contribution in [0.4, 0.5) is 0 Å². The molecule has 1 N–H and O–H groups in total. The maximum atomic E-state index is 12.4. The van der Waals surface area contributed by atoms with Gasteiger partial charge in [0.2, 0.25) is 0 Å². The van der Waals surface area contributed by atoms with Gasteiger partial charge in [-0.05, 0) is 69.0 Å². The Kier molecular flexibility index (Phi) is 7.00. The summed E-state index contributed by atoms with van der Waals surface area (Å²) in [7, 11) is 0. The summed E-state index contributed by atoms with van der Waals surface area (Å²) in [4.78, 5) is 12.4. The number of carbonyl (C=O) groups is 1. The lowest BCUT2D eigenvalue weighted by Gasteiger charge is -2.15. The Balaban J connectivity index is 1.31. The number of amides is 1. The zero-order valence-corrected chi connectivity index (χ0v) is 21.1. The number of nitrogens with one attached hydrogen (secondary N) is 1. The first-order chi connectivity index (χ1) is 17.6. The number of ether oxygens (including phenoxy) is 2. The van der Waals surface area contributed by atoms with Crippen LogP contribution in [0.1, 0.15) is 28.6 Å². The number of nitrogens with zero attached hydrogens (tertiary/aromatic N) is 1. The molecular weight excluding hydrogens is 520 g/mol. The third-order valence-electron chi connectivity index (χ3n) is 5.61. The molecule has 0 aliphatic heterocycles. The van der Waals surface area contributed by atoms with Crippen LogP contribution in [0.2, 0.25) is 0 Å². The first-order valence-electron chi connectivity index (χ1n) is 11.5. The van der Waals surface area contributed by atoms with E-state index in [9.17, 15) is 4.79 Å². The van der Waals surface area contributed by atoms with E-state index in [2.05, 4.69) is 50.7 Å². The van der Waals surface area contributed by atoms with Crippen molar-refractivity contribution in [2.45, 2.75) is 13.5 Å². The van der Waals surface area contributed by atoms with Crippen LogP contribution in [0, 0.1) is 0 Å². The van der Waals surface area contributed by atoms with Crippen LogP contribution in [-0.4, -0.2) is 18.7 Å². The van der Waals surface area contributed by atoms with Gasteiger partial charge in [-0.3, -0.25) is 4.79 Å². The van der Waals surface area contributed by atoms with E-state index in [1.165, 1.54) is 5.39 Å². The van der Waals surface area contributed by atoms with Crippen molar-refractivity contribution in [3.63, 3.8) is 0 Å². The van der Waals surface area contributed by atoms with E-state index in [4.69, 9.17) is 13.9 Å². The number of fused-ring (bicyclic) bond motifs is 2. The molecule has 7 heteroatoms. The van der Waals surface area contributed by atoms with Crippen molar-refractivity contribution in [2.24, 2.45) is 5.10 Å². The number of furan rings is 1. The predicted octanol–water partition coefficient (Wildman–Crippen LogP) is 7.09. The second kappa shape index (κ2) is 10.7. The highest BCUT2D eigenvalue weighted by atomic mass is 79.9. The largest absolute Gasteiger partial charge is 0.490 e. The van der Waals surface area contributed by atoms with Crippen LogP contribution in [0.25, 0.3) is 21.7 Å². The lowest BCUT2D eigenvalue weighted by Crippen LogP contribution is -2.16. The Morgan fingerprint density at radius 1 is 0.972 bits per heavy atom. The molecule has 0 aliphatic carbocycles. The maximum Gasteiger partial charge on any atom is 0.307 e. The highest BCUT2D eigenvalue weighted by Gasteiger charge is 2.14. The van der Waals surface area contributed by atoms with E-state index >= 15 is 0 Å². The zero-order chi connectivity index (χ0) is 24.9. The molecule has 0 bridgehead atoms. The number of para-hydroxylation sites is 1. The van der Waals surface area contributed by atoms with Gasteiger partial charge in [-0.1, -0.05) is 60.7 Å². The number of hydrogen-bond donors (Lipinski definition) is 1. The summed E-state index contributed by atoms with van der Waals surface area (Å²) in [5.74, 6) is 0.953. The molecule has 0 fully saturated rings. The van der Waals surface area contributed by atoms with Crippen molar-refractivity contribution in [3.8, 4) is 11.5 Å². The average molecular weight is 543 g/mol. The summed E-state index contributed by atoms with van der Waals surface area (Å²) in [5, 5.41) is 7.26. The molecular formula is C29H23BrN2O4. The molecule has 0 saturated heterocycles. The third-order valence-corrected chi connectivity index (χ3v) is 6.20. The molecule has 1 amide bonds. The fourth-order valence-electron chi connectivity index (χ4n) is 3.95. The first kappa shape index (κ1) is 23.6. The highest BCUT2D eigenvalue weighted by Crippen LogP contribution is 2.37. The van der Waals surface area contributed by atoms with E-state index < -0.39 is 5.91 Å². The summed E-state index contributed by atoms with van der Waals surface area (Å²) < 4.78 is 18.3. The van der Waals surface area contributed by atoms with Crippen LogP contribution < -0.4 is 14.9 Å². The Morgan fingerprint density at radius 3 is 2.58 bits per heavy atom. The van der Waals surface area contributed by atoms with Gasteiger partial charge in [0, 0.05) is 5.39 Å². The van der Waals surface area contributed by atoms with E-state index in [0.717, 1.165) is 26.4 Å². The van der Waals surface area contributed by atoms with Gasteiger partial charge in [0.15, 0.2) is 17.3 Å². The van der Waals surface area contributed by atoms with Gasteiger partial charge < -0.3 is 13.9 Å². The van der Waals surface area contributed by atoms with E-state index in [1.54, 1.807) is 12.3 Å². The Labute approximate surface area is 216 Å². The Hall–Kier alpha value is -4.10. The minimum atomic E-state index is -0.429. The highest BCUT2D eigenvalue weighted by molar-refractivity contribution is 9.10. The van der Waals surface area contributed by atoms with Crippen molar-refractivity contribution in [2.75, 3.05) is 6.61 Å². The van der Waals surface area contributed by atoms with Gasteiger partial charge in [0.1, 0.15) is 12.2 Å². The molecule has 4 aromatic carbocycles. The number of hydrazone groups is 1. The van der Waals surface area contributed by atoms with Gasteiger partial charge in [0.25, 0.3) is 0 Å². The topological polar surface area (TPSA) is 73.1 Å². The number of rotatable bonds is 8. The molecule has 5 aromatic rings. The molecule has 0 atom stereocenters. The van der Waals surface area contributed by atoms with Crippen molar-refractivity contribution in [1.82, 2.24) is 5.43 Å². The fraction of sp³-hybridized carbons (Fsp3) is 0.103. The van der Waals surface area contributed by atoms with Gasteiger partial charge in [-0.2, -0.15) is 5.10 Å². The smallest absolute Gasteiger partial charge is 0.307 e. The van der Waals surface area contributed by atoms with Crippen molar-refractivity contribution in [3.05, 3.63) is 106 Å². The Morgan fingerprint density at radius 2 is 1.75 bits per heavy atom. The van der Waals surface area contributed by atoms with Crippen LogP contribution in [0.5, 0.6) is 11.5 Å².